The molecule has 1 N–H and O–H groups in total. The van der Waals surface area contributed by atoms with Crippen molar-refractivity contribution in [1.82, 2.24) is 4.90 Å². The van der Waals surface area contributed by atoms with Gasteiger partial charge in [-0.1, -0.05) is 29.3 Å². The molecule has 13 heteroatoms. The molecule has 0 bridgehead atoms. The van der Waals surface area contributed by atoms with Crippen LogP contribution in [0, 0.1) is 3.57 Å². The topological polar surface area (TPSA) is 103 Å². The smallest absolute Gasteiger partial charge is 0.294 e. The van der Waals surface area contributed by atoms with E-state index >= 15 is 0 Å². The molecule has 2 heterocycles. The highest BCUT2D eigenvalue weighted by Crippen LogP contribution is 2.38. The van der Waals surface area contributed by atoms with Gasteiger partial charge in [0.1, 0.15) is 26.4 Å². The summed E-state index contributed by atoms with van der Waals surface area (Å²) in [7, 11) is 0. The van der Waals surface area contributed by atoms with Crippen molar-refractivity contribution in [3.63, 3.8) is 0 Å². The van der Waals surface area contributed by atoms with E-state index < -0.39 is 23.6 Å². The van der Waals surface area contributed by atoms with Gasteiger partial charge in [0.25, 0.3) is 11.1 Å². The highest BCUT2D eigenvalue weighted by molar-refractivity contribution is 14.1. The number of rotatable bonds is 9. The molecule has 1 saturated heterocycles. The number of fused-ring (bicyclic) bond motifs is 1. The lowest BCUT2D eigenvalue weighted by Gasteiger charge is -2.19. The molecule has 0 unspecified atom stereocenters. The SMILES string of the molecule is CCOc1cc(/C=C2/SC(=O)N(CC(=O)Nc3ccc4c(c3)OCCO4)C2=O)cc(I)c1OCc1ccc(Cl)cc1Cl. The van der Waals surface area contributed by atoms with Crippen LogP contribution in [0.5, 0.6) is 23.0 Å². The van der Waals surface area contributed by atoms with Crippen molar-refractivity contribution < 1.29 is 33.3 Å². The Kier molecular flexibility index (Phi) is 9.71. The Labute approximate surface area is 269 Å². The van der Waals surface area contributed by atoms with Gasteiger partial charge in [0.05, 0.1) is 15.1 Å². The van der Waals surface area contributed by atoms with Crippen LogP contribution in [-0.2, 0) is 16.2 Å². The molecule has 0 spiro atoms. The minimum absolute atomic E-state index is 0.187. The Hall–Kier alpha value is -3.13. The second kappa shape index (κ2) is 13.4. The van der Waals surface area contributed by atoms with Crippen LogP contribution in [0.1, 0.15) is 18.1 Å². The Bertz CT molecular complexity index is 1600. The summed E-state index contributed by atoms with van der Waals surface area (Å²) in [6.07, 6.45) is 1.59. The second-order valence-corrected chi connectivity index (χ2v) is 12.0. The zero-order valence-electron chi connectivity index (χ0n) is 22.1. The summed E-state index contributed by atoms with van der Waals surface area (Å²) in [6, 6.07) is 13.7. The molecular formula is C29H23Cl2IN2O7S. The van der Waals surface area contributed by atoms with E-state index in [0.717, 1.165) is 25.8 Å². The third kappa shape index (κ3) is 7.08. The Balaban J connectivity index is 1.28. The van der Waals surface area contributed by atoms with Gasteiger partial charge >= 0.3 is 0 Å². The molecule has 42 heavy (non-hydrogen) atoms. The molecule has 3 aromatic carbocycles. The van der Waals surface area contributed by atoms with Crippen LogP contribution in [0.4, 0.5) is 10.5 Å². The number of benzene rings is 3. The third-order valence-corrected chi connectivity index (χ3v) is 8.31. The molecule has 2 aliphatic heterocycles. The molecule has 2 aliphatic rings. The van der Waals surface area contributed by atoms with Gasteiger partial charge in [-0.2, -0.15) is 0 Å². The first-order valence-corrected chi connectivity index (χ1v) is 15.3. The summed E-state index contributed by atoms with van der Waals surface area (Å²) in [5.41, 5.74) is 1.85. The average molecular weight is 741 g/mol. The normalized spacial score (nSPS) is 15.2. The van der Waals surface area contributed by atoms with E-state index in [4.69, 9.17) is 42.1 Å². The van der Waals surface area contributed by atoms with Crippen molar-refractivity contribution in [3.8, 4) is 23.0 Å². The number of nitrogens with one attached hydrogen (secondary N) is 1. The standard InChI is InChI=1S/C29H23Cl2IN2O7S/c1-2-38-24-10-16(9-21(32)27(24)41-15-17-3-4-18(30)12-20(17)31)11-25-28(36)34(29(37)42-25)14-26(35)33-19-5-6-22-23(13-19)40-8-7-39-22/h3-6,9-13H,2,7-8,14-15H2,1H3,(H,33,35)/b25-11+. The van der Waals surface area contributed by atoms with Crippen LogP contribution in [-0.4, -0.2) is 48.3 Å². The lowest BCUT2D eigenvalue weighted by atomic mass is 10.1. The predicted octanol–water partition coefficient (Wildman–Crippen LogP) is 7.02. The van der Waals surface area contributed by atoms with Crippen LogP contribution in [0.25, 0.3) is 6.08 Å². The van der Waals surface area contributed by atoms with Crippen molar-refractivity contribution in [2.24, 2.45) is 0 Å². The number of nitrogens with zero attached hydrogens (tertiary/aromatic N) is 1. The number of hydrogen-bond acceptors (Lipinski definition) is 8. The van der Waals surface area contributed by atoms with Gasteiger partial charge in [0, 0.05) is 27.4 Å². The largest absolute Gasteiger partial charge is 0.490 e. The summed E-state index contributed by atoms with van der Waals surface area (Å²) in [4.78, 5) is 39.6. The van der Waals surface area contributed by atoms with Crippen molar-refractivity contribution in [2.75, 3.05) is 31.7 Å². The first-order chi connectivity index (χ1) is 20.2. The lowest BCUT2D eigenvalue weighted by molar-refractivity contribution is -0.127. The van der Waals surface area contributed by atoms with Crippen LogP contribution >= 0.6 is 57.6 Å². The minimum atomic E-state index is -0.562. The fourth-order valence-corrected chi connectivity index (χ4v) is 6.20. The molecule has 3 aromatic rings. The van der Waals surface area contributed by atoms with E-state index in [1.54, 1.807) is 48.5 Å². The number of amides is 3. The van der Waals surface area contributed by atoms with E-state index in [-0.39, 0.29) is 11.5 Å². The maximum atomic E-state index is 13.1. The Morgan fingerprint density at radius 2 is 1.86 bits per heavy atom. The summed E-state index contributed by atoms with van der Waals surface area (Å²) >= 11 is 15.2. The second-order valence-electron chi connectivity index (χ2n) is 8.96. The zero-order valence-corrected chi connectivity index (χ0v) is 26.6. The number of ether oxygens (including phenoxy) is 4. The molecule has 9 nitrogen and oxygen atoms in total. The van der Waals surface area contributed by atoms with Gasteiger partial charge in [-0.3, -0.25) is 19.3 Å². The van der Waals surface area contributed by atoms with E-state index in [0.29, 0.717) is 64.1 Å². The molecule has 5 rings (SSSR count). The minimum Gasteiger partial charge on any atom is -0.490 e. The molecule has 218 valence electrons. The molecule has 3 amide bonds. The highest BCUT2D eigenvalue weighted by atomic mass is 127. The molecular weight excluding hydrogens is 718 g/mol. The van der Waals surface area contributed by atoms with Crippen LogP contribution in [0.15, 0.2) is 53.4 Å². The lowest BCUT2D eigenvalue weighted by Crippen LogP contribution is -2.36. The van der Waals surface area contributed by atoms with Crippen molar-refractivity contribution in [1.29, 1.82) is 0 Å². The Morgan fingerprint density at radius 1 is 1.07 bits per heavy atom. The van der Waals surface area contributed by atoms with Crippen molar-refractivity contribution in [3.05, 3.63) is 78.2 Å². The van der Waals surface area contributed by atoms with Crippen molar-refractivity contribution >= 4 is 86.4 Å². The van der Waals surface area contributed by atoms with Gasteiger partial charge in [-0.25, -0.2) is 0 Å². The monoisotopic (exact) mass is 740 g/mol. The van der Waals surface area contributed by atoms with Gasteiger partial charge in [-0.05, 0) is 89.3 Å². The van der Waals surface area contributed by atoms with Gasteiger partial charge < -0.3 is 24.3 Å². The van der Waals surface area contributed by atoms with E-state index in [1.165, 1.54) is 0 Å². The Morgan fingerprint density at radius 3 is 2.62 bits per heavy atom. The van der Waals surface area contributed by atoms with E-state index in [1.807, 2.05) is 13.0 Å². The molecule has 0 aliphatic carbocycles. The molecule has 0 saturated carbocycles. The summed E-state index contributed by atoms with van der Waals surface area (Å²) in [5.74, 6) is 1.00. The van der Waals surface area contributed by atoms with Gasteiger partial charge in [0.15, 0.2) is 23.0 Å². The number of carbonyl (C=O) groups excluding carboxylic acids is 3. The van der Waals surface area contributed by atoms with Crippen LogP contribution in [0.2, 0.25) is 10.0 Å². The first-order valence-electron chi connectivity index (χ1n) is 12.7. The van der Waals surface area contributed by atoms with Gasteiger partial charge in [-0.15, -0.1) is 0 Å². The summed E-state index contributed by atoms with van der Waals surface area (Å²) in [6.45, 7) is 2.85. The molecule has 0 aromatic heterocycles. The van der Waals surface area contributed by atoms with Crippen molar-refractivity contribution in [2.45, 2.75) is 13.5 Å². The van der Waals surface area contributed by atoms with Gasteiger partial charge in [0.2, 0.25) is 5.91 Å². The number of hydrogen-bond donors (Lipinski definition) is 1. The number of halogens is 3. The third-order valence-electron chi connectivity index (χ3n) is 6.02. The van der Waals surface area contributed by atoms with Crippen LogP contribution < -0.4 is 24.3 Å². The quantitative estimate of drug-likeness (QED) is 0.185. The predicted molar refractivity (Wildman–Crippen MR) is 170 cm³/mol. The fraction of sp³-hybridized carbons (Fsp3) is 0.207. The highest BCUT2D eigenvalue weighted by Gasteiger charge is 2.36. The molecule has 0 atom stereocenters. The molecule has 1 fully saturated rings. The summed E-state index contributed by atoms with van der Waals surface area (Å²) in [5, 5.41) is 3.17. The average Bonchev–Trinajstić information content (AvgIpc) is 3.20. The first kappa shape index (κ1) is 30.3. The molecule has 0 radical (unpaired) electrons. The maximum Gasteiger partial charge on any atom is 0.294 e. The van der Waals surface area contributed by atoms with E-state index in [9.17, 15) is 14.4 Å². The number of anilines is 1. The number of imide groups is 1. The zero-order chi connectivity index (χ0) is 29.8. The van der Waals surface area contributed by atoms with E-state index in [2.05, 4.69) is 27.9 Å². The number of thioether (sulfide) groups is 1. The van der Waals surface area contributed by atoms with Crippen LogP contribution in [0.3, 0.4) is 0 Å². The summed E-state index contributed by atoms with van der Waals surface area (Å²) < 4.78 is 23.6. The maximum absolute atomic E-state index is 13.1. The number of carbonyl (C=O) groups is 3. The fourth-order valence-electron chi connectivity index (χ4n) is 4.12.